The summed E-state index contributed by atoms with van der Waals surface area (Å²) in [5.41, 5.74) is 15.9. The number of carbonyl (C=O) groups is 4. The number of nitrogens with two attached hydrogens (primary N) is 1. The number of aryl methyl sites for hydroxylation is 3. The predicted octanol–water partition coefficient (Wildman–Crippen LogP) is 20.6. The molecule has 13 aromatic rings. The first-order valence-corrected chi connectivity index (χ1v) is 38.3. The van der Waals surface area contributed by atoms with E-state index in [2.05, 4.69) is 65.8 Å². The van der Waals surface area contributed by atoms with E-state index >= 15 is 0 Å². The van der Waals surface area contributed by atoms with Crippen LogP contribution < -0.4 is 46.0 Å². The van der Waals surface area contributed by atoms with Gasteiger partial charge in [0.05, 0.1) is 47.3 Å². The number of nitro groups is 2. The van der Waals surface area contributed by atoms with Crippen LogP contribution in [0.3, 0.4) is 0 Å². The van der Waals surface area contributed by atoms with Gasteiger partial charge in [-0.3, -0.25) is 39.4 Å². The van der Waals surface area contributed by atoms with Gasteiger partial charge in [0, 0.05) is 134 Å². The molecule has 0 bridgehead atoms. The number of anilines is 15. The number of esters is 1. The lowest BCUT2D eigenvalue weighted by atomic mass is 10.0. The van der Waals surface area contributed by atoms with Gasteiger partial charge in [0.25, 0.3) is 11.4 Å². The molecule has 0 aliphatic carbocycles. The van der Waals surface area contributed by atoms with Crippen LogP contribution in [-0.4, -0.2) is 111 Å². The number of nitrogens with one attached hydrogen (secondary N) is 3. The Hall–Kier alpha value is -14.6. The molecule has 5 N–H and O–H groups in total. The molecular formula is C86H78Cl3F5N20O9. The normalized spacial score (nSPS) is 10.5. The van der Waals surface area contributed by atoms with Crippen LogP contribution in [0.25, 0.3) is 0 Å². The summed E-state index contributed by atoms with van der Waals surface area (Å²) < 4.78 is 74.5. The molecule has 0 radical (unpaired) electrons. The minimum absolute atomic E-state index is 0.00155. The molecule has 13 rings (SSSR count). The van der Waals surface area contributed by atoms with E-state index in [0.29, 0.717) is 81.5 Å². The van der Waals surface area contributed by atoms with Crippen LogP contribution in [0.15, 0.2) is 213 Å². The summed E-state index contributed by atoms with van der Waals surface area (Å²) in [5.74, 6) is -2.06. The molecule has 0 atom stereocenters. The van der Waals surface area contributed by atoms with Crippen molar-refractivity contribution < 1.29 is 55.7 Å². The molecule has 0 saturated heterocycles. The fourth-order valence-corrected chi connectivity index (χ4v) is 11.7. The van der Waals surface area contributed by atoms with E-state index in [4.69, 9.17) is 45.3 Å². The van der Waals surface area contributed by atoms with E-state index in [1.807, 2.05) is 71.0 Å². The zero-order valence-electron chi connectivity index (χ0n) is 67.5. The molecule has 29 nitrogen and oxygen atoms in total. The topological polar surface area (TPSA) is 368 Å². The van der Waals surface area contributed by atoms with Gasteiger partial charge in [-0.25, -0.2) is 51.9 Å². The Bertz CT molecular complexity index is 5950. The highest BCUT2D eigenvalue weighted by molar-refractivity contribution is 6.31. The maximum Gasteiger partial charge on any atom is 0.315 e. The van der Waals surface area contributed by atoms with E-state index in [1.165, 1.54) is 58.3 Å². The maximum atomic E-state index is 14.7. The van der Waals surface area contributed by atoms with Crippen molar-refractivity contribution in [2.45, 2.75) is 67.2 Å². The third kappa shape index (κ3) is 25.7. The molecule has 0 amide bonds. The molecule has 0 aliphatic rings. The lowest BCUT2D eigenvalue weighted by Gasteiger charge is -2.20. The molecule has 0 fully saturated rings. The van der Waals surface area contributed by atoms with Gasteiger partial charge < -0.3 is 46.0 Å². The van der Waals surface area contributed by atoms with E-state index in [0.717, 1.165) is 58.9 Å². The van der Waals surface area contributed by atoms with Crippen LogP contribution in [0.4, 0.5) is 120 Å². The Balaban J connectivity index is 0.000000183. The van der Waals surface area contributed by atoms with Gasteiger partial charge in [-0.05, 0) is 175 Å². The smallest absolute Gasteiger partial charge is 0.315 e. The van der Waals surface area contributed by atoms with Gasteiger partial charge in [-0.15, -0.1) is 0 Å². The monoisotopic (exact) mass is 1730 g/mol. The SMILES string of the molecule is CCC(=O)c1cc(Nc2ncc(F)c(N(C)c3ccc(CC(=O)Oc4ccccc4)cc3)n2)ccc1C.CCC(=O)c1cc(Nc2ncc(F)c(N(C)c3ccc(N)cc3)n2)ccc1C.CCC(=O)c1cc(Nc2ncc(F)c(N(C)c3ccc([N+](=O)[O-])cc3)n2)ccc1C.CN(c1ccc([N+](=O)[O-])cc1)c1nc(Cl)ncc1F.Fc1cnc(Cl)nc1Cl. The summed E-state index contributed by atoms with van der Waals surface area (Å²) >= 11 is 16.1. The number of aromatic nitrogens is 10. The van der Waals surface area contributed by atoms with Crippen LogP contribution in [0, 0.1) is 70.1 Å². The van der Waals surface area contributed by atoms with Crippen molar-refractivity contribution in [1.82, 2.24) is 49.8 Å². The number of Topliss-reactive ketones (excluding diaryl/α,β-unsaturated/α-hetero) is 3. The predicted molar refractivity (Wildman–Crippen MR) is 464 cm³/mol. The molecular weight excluding hydrogens is 1660 g/mol. The van der Waals surface area contributed by atoms with Gasteiger partial charge in [-0.2, -0.15) is 19.9 Å². The summed E-state index contributed by atoms with van der Waals surface area (Å²) in [6.07, 6.45) is 6.46. The second kappa shape index (κ2) is 43.4. The molecule has 37 heteroatoms. The molecule has 123 heavy (non-hydrogen) atoms. The first kappa shape index (κ1) is 92.2. The number of ether oxygens (including phenoxy) is 1. The van der Waals surface area contributed by atoms with Crippen molar-refractivity contribution in [3.8, 4) is 5.75 Å². The third-order valence-corrected chi connectivity index (χ3v) is 18.6. The van der Waals surface area contributed by atoms with Crippen LogP contribution >= 0.6 is 34.8 Å². The van der Waals surface area contributed by atoms with Crippen LogP contribution in [0.2, 0.25) is 15.7 Å². The van der Waals surface area contributed by atoms with E-state index in [-0.39, 0.29) is 98.0 Å². The molecule has 0 aliphatic heterocycles. The van der Waals surface area contributed by atoms with Crippen molar-refractivity contribution in [2.24, 2.45) is 0 Å². The van der Waals surface area contributed by atoms with Gasteiger partial charge in [-0.1, -0.05) is 80.9 Å². The number of nitrogen functional groups attached to an aromatic ring is 1. The highest BCUT2D eigenvalue weighted by Crippen LogP contribution is 2.34. The number of para-hydroxylation sites is 1. The fraction of sp³-hybridized carbons (Fsp3) is 0.163. The van der Waals surface area contributed by atoms with E-state index < -0.39 is 38.9 Å². The van der Waals surface area contributed by atoms with Gasteiger partial charge in [0.2, 0.25) is 28.4 Å². The number of hydrogen-bond acceptors (Lipinski definition) is 27. The summed E-state index contributed by atoms with van der Waals surface area (Å²) in [4.78, 5) is 114. The molecule has 5 heterocycles. The Morgan fingerprint density at radius 2 is 0.724 bits per heavy atom. The fourth-order valence-electron chi connectivity index (χ4n) is 11.3. The number of nitro benzene ring substituents is 2. The van der Waals surface area contributed by atoms with Crippen LogP contribution in [0.5, 0.6) is 5.75 Å². The second-order valence-corrected chi connectivity index (χ2v) is 27.5. The Morgan fingerprint density at radius 3 is 1.05 bits per heavy atom. The molecule has 8 aromatic carbocycles. The number of hydrogen-bond donors (Lipinski definition) is 4. The highest BCUT2D eigenvalue weighted by atomic mass is 35.5. The molecule has 0 saturated carbocycles. The zero-order chi connectivity index (χ0) is 89.3. The minimum Gasteiger partial charge on any atom is -0.426 e. The molecule has 5 aromatic heterocycles. The summed E-state index contributed by atoms with van der Waals surface area (Å²) in [6, 6.07) is 50.6. The van der Waals surface area contributed by atoms with Crippen LogP contribution in [0.1, 0.15) is 93.4 Å². The number of halogens is 8. The zero-order valence-corrected chi connectivity index (χ0v) is 69.7. The number of ketones is 3. The lowest BCUT2D eigenvalue weighted by Crippen LogP contribution is -2.15. The average molecular weight is 1740 g/mol. The second-order valence-electron chi connectivity index (χ2n) is 26.5. The Morgan fingerprint density at radius 1 is 0.415 bits per heavy atom. The van der Waals surface area contributed by atoms with Crippen LogP contribution in [-0.2, 0) is 11.2 Å². The number of nitrogens with zero attached hydrogens (tertiary/aromatic N) is 16. The van der Waals surface area contributed by atoms with Gasteiger partial charge >= 0.3 is 5.97 Å². The van der Waals surface area contributed by atoms with Crippen molar-refractivity contribution >= 4 is 156 Å². The third-order valence-electron chi connectivity index (χ3n) is 18.0. The number of benzene rings is 8. The maximum absolute atomic E-state index is 14.7. The summed E-state index contributed by atoms with van der Waals surface area (Å²) in [6.45, 7) is 11.1. The Labute approximate surface area is 717 Å². The quantitative estimate of drug-likeness (QED) is 0.00475. The standard InChI is InChI=1S/C29H27FN4O3.C21H20FN5O3.C21H22FN5O.C11H8ClFN4O2.C4HCl2FN2/c1-4-26(35)24-17-21(13-10-19(24)2)32-29-31-18-25(30)28(33-29)34(3)22-14-11-20(12-15-22)16-27(36)37-23-8-6-5-7-9-23;1-4-19(28)17-11-14(6-5-13(17)2)24-21-23-12-18(22)20(25-21)26(3)15-7-9-16(10-8-15)27(29)30;1-4-19(28)17-11-15(8-5-13(17)2)25-21-24-12-18(22)20(26-21)27(3)16-9-6-14(23)7-10-16;1-16(10-9(13)6-14-11(12)15-10)7-2-4-8(5-3-7)17(18)19;5-3-2(7)1-8-4(6)9-3/h5-15,17-18H,4,16H2,1-3H3,(H,31,32,33);5-12H,4H2,1-3H3,(H,23,24,25);5-12H,4,23H2,1-3H3,(H,24,25,26);2-6H,1H3;1H. The minimum atomic E-state index is -0.666. The van der Waals surface area contributed by atoms with Crippen molar-refractivity contribution in [1.29, 1.82) is 0 Å². The molecule has 632 valence electrons. The average Bonchev–Trinajstić information content (AvgIpc) is 0.818. The molecule has 0 spiro atoms. The largest absolute Gasteiger partial charge is 0.426 e. The first-order valence-electron chi connectivity index (χ1n) is 37.2. The van der Waals surface area contributed by atoms with Gasteiger partial charge in [0.1, 0.15) is 5.75 Å². The number of rotatable bonds is 25. The number of carbonyl (C=O) groups excluding carboxylic acids is 4. The first-order chi connectivity index (χ1) is 58.7. The molecule has 0 unspecified atom stereocenters. The van der Waals surface area contributed by atoms with E-state index in [9.17, 15) is 61.4 Å². The van der Waals surface area contributed by atoms with Gasteiger partial charge in [0.15, 0.2) is 74.9 Å². The Kier molecular flexibility index (Phi) is 32.5. The highest BCUT2D eigenvalue weighted by Gasteiger charge is 2.22. The lowest BCUT2D eigenvalue weighted by molar-refractivity contribution is -0.385. The summed E-state index contributed by atoms with van der Waals surface area (Å²) in [7, 11) is 6.57. The number of non-ortho nitro benzene ring substituents is 2. The van der Waals surface area contributed by atoms with E-state index in [1.54, 1.807) is 142 Å². The summed E-state index contributed by atoms with van der Waals surface area (Å²) in [5, 5.41) is 30.1. The van der Waals surface area contributed by atoms with Crippen molar-refractivity contribution in [2.75, 3.05) is 69.5 Å². The van der Waals surface area contributed by atoms with Crippen molar-refractivity contribution in [3.63, 3.8) is 0 Å². The van der Waals surface area contributed by atoms with Crippen molar-refractivity contribution in [3.05, 3.63) is 317 Å².